The molecule has 0 fully saturated rings. The van der Waals surface area contributed by atoms with E-state index in [1.165, 1.54) is 26.5 Å². The largest absolute Gasteiger partial charge is 0.495 e. The molecular weight excluding hydrogens is 410 g/mol. The van der Waals surface area contributed by atoms with Crippen molar-refractivity contribution in [1.29, 1.82) is 0 Å². The third-order valence-corrected chi connectivity index (χ3v) is 5.05. The van der Waals surface area contributed by atoms with Crippen LogP contribution in [0.15, 0.2) is 55.0 Å². The maximum Gasteiger partial charge on any atom is 0.296 e. The second-order valence-electron chi connectivity index (χ2n) is 6.98. The van der Waals surface area contributed by atoms with Gasteiger partial charge in [0.25, 0.3) is 11.7 Å². The second-order valence-corrected chi connectivity index (χ2v) is 6.98. The zero-order valence-corrected chi connectivity index (χ0v) is 17.8. The number of carbonyl (C=O) groups is 2. The van der Waals surface area contributed by atoms with Crippen LogP contribution in [-0.4, -0.2) is 45.4 Å². The lowest BCUT2D eigenvalue weighted by Gasteiger charge is -2.08. The van der Waals surface area contributed by atoms with Crippen LogP contribution in [0.5, 0.6) is 11.6 Å². The SMILES string of the molecule is COc1cnc2c(c1)c(C(=O)C(=O)Nc1ccnc(OC)c1)c(C)n2Cc1ccccn1. The van der Waals surface area contributed by atoms with Gasteiger partial charge in [0.2, 0.25) is 5.88 Å². The van der Waals surface area contributed by atoms with Gasteiger partial charge in [-0.25, -0.2) is 9.97 Å². The number of anilines is 1. The van der Waals surface area contributed by atoms with Crippen molar-refractivity contribution in [1.82, 2.24) is 19.5 Å². The van der Waals surface area contributed by atoms with Crippen molar-refractivity contribution in [3.8, 4) is 11.6 Å². The van der Waals surface area contributed by atoms with E-state index >= 15 is 0 Å². The van der Waals surface area contributed by atoms with Crippen molar-refractivity contribution in [2.45, 2.75) is 13.5 Å². The molecule has 0 atom stereocenters. The number of Topliss-reactive ketones (excluding diaryl/α,β-unsaturated/α-hetero) is 1. The molecule has 9 nitrogen and oxygen atoms in total. The normalized spacial score (nSPS) is 10.7. The van der Waals surface area contributed by atoms with Crippen LogP contribution in [-0.2, 0) is 11.3 Å². The first-order valence-electron chi connectivity index (χ1n) is 9.80. The molecule has 4 aromatic rings. The van der Waals surface area contributed by atoms with Gasteiger partial charge in [-0.15, -0.1) is 0 Å². The molecule has 1 N–H and O–H groups in total. The number of hydrogen-bond donors (Lipinski definition) is 1. The Morgan fingerprint density at radius 2 is 1.88 bits per heavy atom. The van der Waals surface area contributed by atoms with Crippen LogP contribution < -0.4 is 14.8 Å². The number of nitrogens with zero attached hydrogens (tertiary/aromatic N) is 4. The molecule has 4 rings (SSSR count). The van der Waals surface area contributed by atoms with E-state index in [0.29, 0.717) is 40.6 Å². The molecule has 0 unspecified atom stereocenters. The molecular formula is C23H21N5O4. The third-order valence-electron chi connectivity index (χ3n) is 5.05. The molecule has 0 radical (unpaired) electrons. The van der Waals surface area contributed by atoms with Crippen LogP contribution in [0.4, 0.5) is 5.69 Å². The highest BCUT2D eigenvalue weighted by molar-refractivity contribution is 6.48. The summed E-state index contributed by atoms with van der Waals surface area (Å²) in [7, 11) is 2.99. The van der Waals surface area contributed by atoms with Gasteiger partial charge in [-0.1, -0.05) is 6.07 Å². The number of aromatic nitrogens is 4. The van der Waals surface area contributed by atoms with E-state index in [-0.39, 0.29) is 5.56 Å². The lowest BCUT2D eigenvalue weighted by atomic mass is 10.1. The van der Waals surface area contributed by atoms with Crippen molar-refractivity contribution in [2.75, 3.05) is 19.5 Å². The van der Waals surface area contributed by atoms with E-state index in [4.69, 9.17) is 9.47 Å². The summed E-state index contributed by atoms with van der Waals surface area (Å²) in [6, 6.07) is 10.4. The van der Waals surface area contributed by atoms with Crippen molar-refractivity contribution in [3.05, 3.63) is 71.9 Å². The molecule has 0 bridgehead atoms. The number of rotatable bonds is 7. The topological polar surface area (TPSA) is 108 Å². The molecule has 0 aliphatic heterocycles. The van der Waals surface area contributed by atoms with Gasteiger partial charge in [-0.3, -0.25) is 14.6 Å². The molecule has 32 heavy (non-hydrogen) atoms. The predicted molar refractivity (Wildman–Crippen MR) is 118 cm³/mol. The highest BCUT2D eigenvalue weighted by atomic mass is 16.5. The first-order valence-corrected chi connectivity index (χ1v) is 9.80. The summed E-state index contributed by atoms with van der Waals surface area (Å²) in [4.78, 5) is 38.9. The number of carbonyl (C=O) groups excluding carboxylic acids is 2. The fourth-order valence-corrected chi connectivity index (χ4v) is 3.47. The molecule has 9 heteroatoms. The molecule has 4 aromatic heterocycles. The van der Waals surface area contributed by atoms with Crippen LogP contribution >= 0.6 is 0 Å². The van der Waals surface area contributed by atoms with Crippen molar-refractivity contribution < 1.29 is 19.1 Å². The predicted octanol–water partition coefficient (Wildman–Crippen LogP) is 3.02. The number of amides is 1. The molecule has 0 aliphatic rings. The summed E-state index contributed by atoms with van der Waals surface area (Å²) in [6.45, 7) is 2.19. The van der Waals surface area contributed by atoms with E-state index in [1.807, 2.05) is 22.8 Å². The Bertz CT molecular complexity index is 1300. The first-order chi connectivity index (χ1) is 15.5. The summed E-state index contributed by atoms with van der Waals surface area (Å²) >= 11 is 0. The Hall–Kier alpha value is -4.27. The highest BCUT2D eigenvalue weighted by Crippen LogP contribution is 2.29. The summed E-state index contributed by atoms with van der Waals surface area (Å²) in [6.07, 6.45) is 4.77. The van der Waals surface area contributed by atoms with Gasteiger partial charge in [0.05, 0.1) is 38.2 Å². The van der Waals surface area contributed by atoms with Crippen LogP contribution in [0.2, 0.25) is 0 Å². The van der Waals surface area contributed by atoms with Gasteiger partial charge >= 0.3 is 0 Å². The molecule has 4 heterocycles. The van der Waals surface area contributed by atoms with E-state index < -0.39 is 11.7 Å². The minimum absolute atomic E-state index is 0.265. The Labute approximate surface area is 184 Å². The number of nitrogens with one attached hydrogen (secondary N) is 1. The second kappa shape index (κ2) is 8.84. The van der Waals surface area contributed by atoms with Gasteiger partial charge in [-0.2, -0.15) is 0 Å². The fourth-order valence-electron chi connectivity index (χ4n) is 3.47. The Kier molecular flexibility index (Phi) is 5.80. The smallest absolute Gasteiger partial charge is 0.296 e. The van der Waals surface area contributed by atoms with Gasteiger partial charge in [0.15, 0.2) is 0 Å². The molecule has 0 spiro atoms. The lowest BCUT2D eigenvalue weighted by Crippen LogP contribution is -2.23. The van der Waals surface area contributed by atoms with Crippen LogP contribution in [0, 0.1) is 6.92 Å². The number of hydrogen-bond acceptors (Lipinski definition) is 7. The van der Waals surface area contributed by atoms with Crippen LogP contribution in [0.1, 0.15) is 21.7 Å². The Morgan fingerprint density at radius 1 is 1.03 bits per heavy atom. The summed E-state index contributed by atoms with van der Waals surface area (Å²) in [5.74, 6) is -0.646. The Morgan fingerprint density at radius 3 is 2.59 bits per heavy atom. The van der Waals surface area contributed by atoms with Gasteiger partial charge < -0.3 is 19.4 Å². The number of ether oxygens (including phenoxy) is 2. The standard InChI is InChI=1S/C23H21N5O4/c1-14-20(21(29)23(30)27-15-7-9-25-19(10-15)32-3)18-11-17(31-2)12-26-22(18)28(14)13-16-6-4-5-8-24-16/h4-12H,13H2,1-3H3,(H,25,27,30). The molecule has 0 saturated heterocycles. The molecule has 0 aliphatic carbocycles. The van der Waals surface area contributed by atoms with Gasteiger partial charge in [0.1, 0.15) is 11.4 Å². The van der Waals surface area contributed by atoms with Gasteiger partial charge in [-0.05, 0) is 31.2 Å². The average Bonchev–Trinajstić information content (AvgIpc) is 3.09. The summed E-state index contributed by atoms with van der Waals surface area (Å²) in [5.41, 5.74) is 2.65. The van der Waals surface area contributed by atoms with E-state index in [0.717, 1.165) is 5.69 Å². The van der Waals surface area contributed by atoms with Crippen molar-refractivity contribution in [3.63, 3.8) is 0 Å². The summed E-state index contributed by atoms with van der Waals surface area (Å²) in [5, 5.41) is 3.15. The summed E-state index contributed by atoms with van der Waals surface area (Å²) < 4.78 is 12.2. The Balaban J connectivity index is 1.75. The number of methoxy groups -OCH3 is 2. The zero-order valence-electron chi connectivity index (χ0n) is 17.8. The van der Waals surface area contributed by atoms with E-state index in [2.05, 4.69) is 20.3 Å². The average molecular weight is 431 g/mol. The van der Waals surface area contributed by atoms with E-state index in [9.17, 15) is 9.59 Å². The maximum absolute atomic E-state index is 13.2. The third kappa shape index (κ3) is 4.00. The fraction of sp³-hybridized carbons (Fsp3) is 0.174. The minimum Gasteiger partial charge on any atom is -0.495 e. The van der Waals surface area contributed by atoms with E-state index in [1.54, 1.807) is 31.5 Å². The highest BCUT2D eigenvalue weighted by Gasteiger charge is 2.26. The molecule has 162 valence electrons. The molecule has 0 aromatic carbocycles. The first kappa shape index (κ1) is 21.0. The number of fused-ring (bicyclic) bond motifs is 1. The number of pyridine rings is 3. The monoisotopic (exact) mass is 431 g/mol. The molecule has 0 saturated carbocycles. The van der Waals surface area contributed by atoms with Crippen LogP contribution in [0.25, 0.3) is 11.0 Å². The quantitative estimate of drug-likeness (QED) is 0.354. The number of ketones is 1. The maximum atomic E-state index is 13.2. The van der Waals surface area contributed by atoms with Gasteiger partial charge in [0, 0.05) is 35.2 Å². The minimum atomic E-state index is -0.777. The lowest BCUT2D eigenvalue weighted by molar-refractivity contribution is -0.112. The van der Waals surface area contributed by atoms with Crippen molar-refractivity contribution in [2.24, 2.45) is 0 Å². The van der Waals surface area contributed by atoms with Crippen molar-refractivity contribution >= 4 is 28.4 Å². The van der Waals surface area contributed by atoms with Crippen LogP contribution in [0.3, 0.4) is 0 Å². The zero-order chi connectivity index (χ0) is 22.7. The molecule has 1 amide bonds.